The average molecular weight is 335 g/mol. The zero-order chi connectivity index (χ0) is 17.1. The third kappa shape index (κ3) is 3.66. The van der Waals surface area contributed by atoms with Gasteiger partial charge in [0.1, 0.15) is 5.82 Å². The Balaban J connectivity index is 1.41. The van der Waals surface area contributed by atoms with Crippen LogP contribution in [0.5, 0.6) is 0 Å². The normalized spacial score (nSPS) is 15.5. The molecular formula is C18H21N7. The monoisotopic (exact) mass is 335 g/mol. The van der Waals surface area contributed by atoms with Crippen LogP contribution >= 0.6 is 0 Å². The highest BCUT2D eigenvalue weighted by atomic mass is 15.3. The number of aryl methyl sites for hydroxylation is 1. The number of piperazine rings is 1. The van der Waals surface area contributed by atoms with Crippen LogP contribution in [0.4, 0.5) is 5.82 Å². The van der Waals surface area contributed by atoms with Crippen LogP contribution in [0, 0.1) is 0 Å². The summed E-state index contributed by atoms with van der Waals surface area (Å²) in [6.07, 6.45) is 11.1. The van der Waals surface area contributed by atoms with Gasteiger partial charge in [-0.2, -0.15) is 5.10 Å². The van der Waals surface area contributed by atoms with E-state index in [1.165, 1.54) is 5.56 Å². The van der Waals surface area contributed by atoms with Crippen molar-refractivity contribution in [2.75, 3.05) is 31.1 Å². The van der Waals surface area contributed by atoms with Crippen molar-refractivity contribution in [2.24, 2.45) is 7.05 Å². The summed E-state index contributed by atoms with van der Waals surface area (Å²) in [4.78, 5) is 18.0. The molecule has 0 unspecified atom stereocenters. The van der Waals surface area contributed by atoms with E-state index in [9.17, 15) is 0 Å². The Hall–Kier alpha value is -2.80. The lowest BCUT2D eigenvalue weighted by molar-refractivity contribution is 0.249. The van der Waals surface area contributed by atoms with Gasteiger partial charge in [-0.25, -0.2) is 4.98 Å². The van der Waals surface area contributed by atoms with Crippen molar-refractivity contribution < 1.29 is 0 Å². The maximum atomic E-state index is 4.77. The van der Waals surface area contributed by atoms with Crippen LogP contribution < -0.4 is 4.90 Å². The summed E-state index contributed by atoms with van der Waals surface area (Å²) in [6.45, 7) is 4.91. The Morgan fingerprint density at radius 1 is 0.960 bits per heavy atom. The van der Waals surface area contributed by atoms with E-state index >= 15 is 0 Å². The van der Waals surface area contributed by atoms with Crippen LogP contribution in [0.1, 0.15) is 5.56 Å². The Labute approximate surface area is 147 Å². The van der Waals surface area contributed by atoms with Gasteiger partial charge in [-0.3, -0.25) is 19.5 Å². The summed E-state index contributed by atoms with van der Waals surface area (Å²) in [7, 11) is 1.91. The van der Waals surface area contributed by atoms with Crippen LogP contribution in [-0.4, -0.2) is 55.8 Å². The van der Waals surface area contributed by atoms with Crippen LogP contribution in [0.3, 0.4) is 0 Å². The number of hydrogen-bond donors (Lipinski definition) is 0. The summed E-state index contributed by atoms with van der Waals surface area (Å²) < 4.78 is 1.78. The number of pyridine rings is 1. The van der Waals surface area contributed by atoms with Gasteiger partial charge in [0.2, 0.25) is 0 Å². The Morgan fingerprint density at radius 3 is 2.48 bits per heavy atom. The first-order valence-electron chi connectivity index (χ1n) is 8.45. The third-order valence-corrected chi connectivity index (χ3v) is 4.47. The minimum Gasteiger partial charge on any atom is -0.353 e. The van der Waals surface area contributed by atoms with E-state index in [4.69, 9.17) is 4.98 Å². The number of hydrogen-bond acceptors (Lipinski definition) is 6. The fourth-order valence-corrected chi connectivity index (χ4v) is 3.08. The molecule has 0 aliphatic carbocycles. The number of rotatable bonds is 4. The summed E-state index contributed by atoms with van der Waals surface area (Å²) in [5.74, 6) is 0.935. The fourth-order valence-electron chi connectivity index (χ4n) is 3.08. The molecule has 4 rings (SSSR count). The van der Waals surface area contributed by atoms with Crippen molar-refractivity contribution in [3.05, 3.63) is 54.9 Å². The van der Waals surface area contributed by atoms with Crippen molar-refractivity contribution in [3.63, 3.8) is 0 Å². The van der Waals surface area contributed by atoms with Gasteiger partial charge in [0.25, 0.3) is 0 Å². The molecule has 0 aromatic carbocycles. The van der Waals surface area contributed by atoms with Crippen LogP contribution in [-0.2, 0) is 13.6 Å². The number of anilines is 1. The maximum Gasteiger partial charge on any atom is 0.147 e. The van der Waals surface area contributed by atoms with E-state index in [0.717, 1.165) is 49.8 Å². The summed E-state index contributed by atoms with van der Waals surface area (Å²) in [5.41, 5.74) is 3.17. The molecular weight excluding hydrogens is 314 g/mol. The summed E-state index contributed by atoms with van der Waals surface area (Å²) >= 11 is 0. The maximum absolute atomic E-state index is 4.77. The molecule has 0 bridgehead atoms. The van der Waals surface area contributed by atoms with Gasteiger partial charge in [0.15, 0.2) is 0 Å². The van der Waals surface area contributed by atoms with Gasteiger partial charge in [0, 0.05) is 63.9 Å². The predicted molar refractivity (Wildman–Crippen MR) is 96.0 cm³/mol. The minimum atomic E-state index is 0.866. The lowest BCUT2D eigenvalue weighted by Gasteiger charge is -2.35. The Kier molecular flexibility index (Phi) is 4.39. The highest BCUT2D eigenvalue weighted by Crippen LogP contribution is 2.20. The number of aromatic nitrogens is 5. The molecule has 1 aliphatic rings. The van der Waals surface area contributed by atoms with Crippen molar-refractivity contribution in [3.8, 4) is 11.3 Å². The second-order valence-electron chi connectivity index (χ2n) is 6.28. The molecule has 25 heavy (non-hydrogen) atoms. The highest BCUT2D eigenvalue weighted by molar-refractivity contribution is 5.58. The average Bonchev–Trinajstić information content (AvgIpc) is 3.10. The first-order valence-corrected chi connectivity index (χ1v) is 8.45. The summed E-state index contributed by atoms with van der Waals surface area (Å²) in [5, 5.41) is 4.21. The van der Waals surface area contributed by atoms with Crippen molar-refractivity contribution in [2.45, 2.75) is 6.54 Å². The molecule has 1 saturated heterocycles. The largest absolute Gasteiger partial charge is 0.353 e. The van der Waals surface area contributed by atoms with E-state index in [-0.39, 0.29) is 0 Å². The highest BCUT2D eigenvalue weighted by Gasteiger charge is 2.19. The Morgan fingerprint density at radius 2 is 1.76 bits per heavy atom. The molecule has 0 N–H and O–H groups in total. The van der Waals surface area contributed by atoms with E-state index < -0.39 is 0 Å². The molecule has 3 aromatic heterocycles. The van der Waals surface area contributed by atoms with Crippen molar-refractivity contribution in [1.82, 2.24) is 29.6 Å². The van der Waals surface area contributed by atoms with Crippen LogP contribution in [0.2, 0.25) is 0 Å². The lowest BCUT2D eigenvalue weighted by atomic mass is 10.2. The standard InChI is InChI=1S/C18H21N7/c1-23-14-16(10-21-23)17-11-20-12-18(22-17)25-8-6-24(7-9-25)13-15-2-4-19-5-3-15/h2-5,10-12,14H,6-9,13H2,1H3. The minimum absolute atomic E-state index is 0.866. The first kappa shape index (κ1) is 15.7. The molecule has 0 radical (unpaired) electrons. The Bertz CT molecular complexity index is 822. The van der Waals surface area contributed by atoms with Crippen LogP contribution in [0.25, 0.3) is 11.3 Å². The number of nitrogens with zero attached hydrogens (tertiary/aromatic N) is 7. The molecule has 4 heterocycles. The second kappa shape index (κ2) is 6.98. The van der Waals surface area contributed by atoms with Gasteiger partial charge in [-0.15, -0.1) is 0 Å². The smallest absolute Gasteiger partial charge is 0.147 e. The van der Waals surface area contributed by atoms with Gasteiger partial charge in [-0.1, -0.05) is 0 Å². The third-order valence-electron chi connectivity index (χ3n) is 4.47. The zero-order valence-electron chi connectivity index (χ0n) is 14.3. The quantitative estimate of drug-likeness (QED) is 0.722. The topological polar surface area (TPSA) is 63.0 Å². The fraction of sp³-hybridized carbons (Fsp3) is 0.333. The molecule has 7 heteroatoms. The molecule has 7 nitrogen and oxygen atoms in total. The van der Waals surface area contributed by atoms with E-state index in [2.05, 4.69) is 37.0 Å². The molecule has 3 aromatic rings. The molecule has 0 atom stereocenters. The van der Waals surface area contributed by atoms with Gasteiger partial charge >= 0.3 is 0 Å². The lowest BCUT2D eigenvalue weighted by Crippen LogP contribution is -2.46. The molecule has 0 spiro atoms. The molecule has 1 aliphatic heterocycles. The second-order valence-corrected chi connectivity index (χ2v) is 6.28. The van der Waals surface area contributed by atoms with Gasteiger partial charge < -0.3 is 4.90 Å². The van der Waals surface area contributed by atoms with E-state index in [1.807, 2.05) is 38.0 Å². The van der Waals surface area contributed by atoms with Crippen molar-refractivity contribution >= 4 is 5.82 Å². The molecule has 0 saturated carbocycles. The molecule has 0 amide bonds. The van der Waals surface area contributed by atoms with E-state index in [1.54, 1.807) is 10.9 Å². The molecule has 128 valence electrons. The van der Waals surface area contributed by atoms with Gasteiger partial charge in [-0.05, 0) is 17.7 Å². The van der Waals surface area contributed by atoms with Crippen LogP contribution in [0.15, 0.2) is 49.3 Å². The zero-order valence-corrected chi connectivity index (χ0v) is 14.3. The van der Waals surface area contributed by atoms with Crippen molar-refractivity contribution in [1.29, 1.82) is 0 Å². The summed E-state index contributed by atoms with van der Waals surface area (Å²) in [6, 6.07) is 4.16. The predicted octanol–water partition coefficient (Wildman–Crippen LogP) is 1.59. The first-order chi connectivity index (χ1) is 12.3. The SMILES string of the molecule is Cn1cc(-c2cncc(N3CCN(Cc4ccncc4)CC3)n2)cn1. The van der Waals surface area contributed by atoms with Gasteiger partial charge in [0.05, 0.1) is 24.3 Å². The molecule has 1 fully saturated rings. The van der Waals surface area contributed by atoms with E-state index in [0.29, 0.717) is 0 Å².